The number of nitrogens with one attached hydrogen (secondary N) is 1. The Morgan fingerprint density at radius 1 is 1.38 bits per heavy atom. The second kappa shape index (κ2) is 7.79. The van der Waals surface area contributed by atoms with Crippen molar-refractivity contribution in [1.82, 2.24) is 5.32 Å². The van der Waals surface area contributed by atoms with Crippen molar-refractivity contribution >= 4 is 17.3 Å². The molecule has 0 spiro atoms. The SMILES string of the molecule is CCOC(=O)C(C)(CCCC(F)(F)F)NCc1cccs1. The van der Waals surface area contributed by atoms with E-state index in [4.69, 9.17) is 4.74 Å². The predicted octanol–water partition coefficient (Wildman–Crippen LogP) is 3.89. The first-order valence-corrected chi connectivity index (χ1v) is 7.66. The van der Waals surface area contributed by atoms with Crippen LogP contribution in [-0.4, -0.2) is 24.3 Å². The van der Waals surface area contributed by atoms with Gasteiger partial charge in [0, 0.05) is 17.8 Å². The lowest BCUT2D eigenvalue weighted by molar-refractivity contribution is -0.153. The van der Waals surface area contributed by atoms with Crippen molar-refractivity contribution in [2.75, 3.05) is 6.61 Å². The molecular formula is C14H20F3NO2S. The molecule has 0 aromatic carbocycles. The molecule has 0 aliphatic heterocycles. The van der Waals surface area contributed by atoms with Gasteiger partial charge in [-0.1, -0.05) is 6.07 Å². The van der Waals surface area contributed by atoms with Crippen LogP contribution in [0.4, 0.5) is 13.2 Å². The Morgan fingerprint density at radius 3 is 2.62 bits per heavy atom. The lowest BCUT2D eigenvalue weighted by Gasteiger charge is -2.28. The summed E-state index contributed by atoms with van der Waals surface area (Å²) < 4.78 is 41.7. The first kappa shape index (κ1) is 18.0. The van der Waals surface area contributed by atoms with Crippen molar-refractivity contribution < 1.29 is 22.7 Å². The molecule has 1 aromatic rings. The molecule has 21 heavy (non-hydrogen) atoms. The summed E-state index contributed by atoms with van der Waals surface area (Å²) in [5.41, 5.74) is -1.11. The first-order valence-electron chi connectivity index (χ1n) is 6.78. The van der Waals surface area contributed by atoms with E-state index >= 15 is 0 Å². The molecule has 0 fully saturated rings. The van der Waals surface area contributed by atoms with Crippen LogP contribution in [0.15, 0.2) is 17.5 Å². The van der Waals surface area contributed by atoms with Gasteiger partial charge < -0.3 is 4.74 Å². The Labute approximate surface area is 126 Å². The fourth-order valence-electron chi connectivity index (χ4n) is 1.89. The van der Waals surface area contributed by atoms with Gasteiger partial charge in [0.25, 0.3) is 0 Å². The minimum atomic E-state index is -4.21. The summed E-state index contributed by atoms with van der Waals surface area (Å²) in [5, 5.41) is 4.94. The maximum Gasteiger partial charge on any atom is 0.389 e. The monoisotopic (exact) mass is 323 g/mol. The third kappa shape index (κ3) is 6.48. The number of alkyl halides is 3. The van der Waals surface area contributed by atoms with E-state index in [1.807, 2.05) is 17.5 Å². The molecule has 0 radical (unpaired) electrons. The van der Waals surface area contributed by atoms with Gasteiger partial charge in [0.1, 0.15) is 5.54 Å². The fourth-order valence-corrected chi connectivity index (χ4v) is 2.54. The van der Waals surface area contributed by atoms with Crippen molar-refractivity contribution in [3.63, 3.8) is 0 Å². The van der Waals surface area contributed by atoms with Crippen LogP contribution in [0, 0.1) is 0 Å². The molecule has 0 aliphatic carbocycles. The Balaban J connectivity index is 2.62. The smallest absolute Gasteiger partial charge is 0.389 e. The highest BCUT2D eigenvalue weighted by Crippen LogP contribution is 2.26. The van der Waals surface area contributed by atoms with Gasteiger partial charge in [-0.05, 0) is 38.1 Å². The quantitative estimate of drug-likeness (QED) is 0.738. The zero-order valence-electron chi connectivity index (χ0n) is 12.1. The molecular weight excluding hydrogens is 303 g/mol. The summed E-state index contributed by atoms with van der Waals surface area (Å²) in [6.07, 6.45) is -5.14. The summed E-state index contributed by atoms with van der Waals surface area (Å²) in [7, 11) is 0. The van der Waals surface area contributed by atoms with Crippen LogP contribution in [0.3, 0.4) is 0 Å². The van der Waals surface area contributed by atoms with Crippen LogP contribution < -0.4 is 5.32 Å². The van der Waals surface area contributed by atoms with Crippen molar-refractivity contribution in [3.8, 4) is 0 Å². The van der Waals surface area contributed by atoms with Crippen molar-refractivity contribution in [2.24, 2.45) is 0 Å². The molecule has 0 amide bonds. The molecule has 0 saturated heterocycles. The standard InChI is InChI=1S/C14H20F3NO2S/c1-3-20-12(19)13(2,7-5-8-14(15,16)17)18-10-11-6-4-9-21-11/h4,6,9,18H,3,5,7-8,10H2,1-2H3. The third-order valence-electron chi connectivity index (χ3n) is 3.10. The largest absolute Gasteiger partial charge is 0.465 e. The molecule has 1 N–H and O–H groups in total. The van der Waals surface area contributed by atoms with Crippen LogP contribution in [0.25, 0.3) is 0 Å². The number of rotatable bonds is 8. The fraction of sp³-hybridized carbons (Fsp3) is 0.643. The maximum atomic E-state index is 12.3. The minimum absolute atomic E-state index is 0.0801. The molecule has 0 bridgehead atoms. The van der Waals surface area contributed by atoms with E-state index in [0.717, 1.165) is 4.88 Å². The second-order valence-corrected chi connectivity index (χ2v) is 5.99. The molecule has 3 nitrogen and oxygen atoms in total. The van der Waals surface area contributed by atoms with Crippen LogP contribution >= 0.6 is 11.3 Å². The second-order valence-electron chi connectivity index (χ2n) is 4.95. The average Bonchev–Trinajstić information content (AvgIpc) is 2.88. The van der Waals surface area contributed by atoms with Gasteiger partial charge in [0.2, 0.25) is 0 Å². The Bertz CT molecular complexity index is 434. The summed E-state index contributed by atoms with van der Waals surface area (Å²) in [6, 6.07) is 3.78. The molecule has 7 heteroatoms. The van der Waals surface area contributed by atoms with Gasteiger partial charge in [-0.15, -0.1) is 11.3 Å². The molecule has 0 saturated carbocycles. The molecule has 1 heterocycles. The topological polar surface area (TPSA) is 38.3 Å². The minimum Gasteiger partial charge on any atom is -0.465 e. The summed E-state index contributed by atoms with van der Waals surface area (Å²) in [6.45, 7) is 3.90. The normalized spacial score (nSPS) is 14.7. The van der Waals surface area contributed by atoms with Gasteiger partial charge in [-0.3, -0.25) is 10.1 Å². The average molecular weight is 323 g/mol. The number of hydrogen-bond donors (Lipinski definition) is 1. The van der Waals surface area contributed by atoms with Crippen LogP contribution in [0.1, 0.15) is 38.0 Å². The van der Waals surface area contributed by atoms with Gasteiger partial charge >= 0.3 is 12.1 Å². The molecule has 1 atom stereocenters. The number of hydrogen-bond acceptors (Lipinski definition) is 4. The number of thiophene rings is 1. The maximum absolute atomic E-state index is 12.3. The molecule has 120 valence electrons. The van der Waals surface area contributed by atoms with Crippen molar-refractivity contribution in [1.29, 1.82) is 0 Å². The summed E-state index contributed by atoms with van der Waals surface area (Å²) >= 11 is 1.52. The lowest BCUT2D eigenvalue weighted by atomic mass is 9.94. The van der Waals surface area contributed by atoms with Crippen LogP contribution in [0.2, 0.25) is 0 Å². The van der Waals surface area contributed by atoms with Gasteiger partial charge in [0.05, 0.1) is 6.61 Å². The van der Waals surface area contributed by atoms with Crippen LogP contribution in [0.5, 0.6) is 0 Å². The molecule has 1 aromatic heterocycles. The summed E-state index contributed by atoms with van der Waals surface area (Å²) in [5.74, 6) is -0.510. The van der Waals surface area contributed by atoms with E-state index in [-0.39, 0.29) is 19.4 Å². The number of carbonyl (C=O) groups is 1. The van der Waals surface area contributed by atoms with Gasteiger partial charge in [-0.2, -0.15) is 13.2 Å². The number of carbonyl (C=O) groups excluding carboxylic acids is 1. The first-order chi connectivity index (χ1) is 9.77. The van der Waals surface area contributed by atoms with Crippen molar-refractivity contribution in [3.05, 3.63) is 22.4 Å². The van der Waals surface area contributed by atoms with E-state index in [9.17, 15) is 18.0 Å². The van der Waals surface area contributed by atoms with E-state index in [1.165, 1.54) is 11.3 Å². The zero-order chi connectivity index (χ0) is 15.9. The van der Waals surface area contributed by atoms with E-state index in [0.29, 0.717) is 6.54 Å². The van der Waals surface area contributed by atoms with Gasteiger partial charge in [-0.25, -0.2) is 0 Å². The Hall–Kier alpha value is -1.08. The highest BCUT2D eigenvalue weighted by atomic mass is 32.1. The van der Waals surface area contributed by atoms with Gasteiger partial charge in [0.15, 0.2) is 0 Å². The molecule has 1 unspecified atom stereocenters. The lowest BCUT2D eigenvalue weighted by Crippen LogP contribution is -2.50. The number of halogens is 3. The van der Waals surface area contributed by atoms with E-state index < -0.39 is 24.1 Å². The number of esters is 1. The Morgan fingerprint density at radius 2 is 2.10 bits per heavy atom. The Kier molecular flexibility index (Phi) is 6.67. The molecule has 0 aliphatic rings. The highest BCUT2D eigenvalue weighted by Gasteiger charge is 2.36. The number of ether oxygens (including phenoxy) is 1. The molecule has 1 rings (SSSR count). The predicted molar refractivity (Wildman–Crippen MR) is 76.1 cm³/mol. The van der Waals surface area contributed by atoms with Crippen LogP contribution in [-0.2, 0) is 16.1 Å². The van der Waals surface area contributed by atoms with E-state index in [1.54, 1.807) is 13.8 Å². The highest BCUT2D eigenvalue weighted by molar-refractivity contribution is 7.09. The summed E-state index contributed by atoms with van der Waals surface area (Å²) in [4.78, 5) is 13.0. The third-order valence-corrected chi connectivity index (χ3v) is 3.97. The van der Waals surface area contributed by atoms with E-state index in [2.05, 4.69) is 5.32 Å². The zero-order valence-corrected chi connectivity index (χ0v) is 12.9. The van der Waals surface area contributed by atoms with Crippen molar-refractivity contribution in [2.45, 2.75) is 51.4 Å².